The Bertz CT molecular complexity index is 356. The van der Waals surface area contributed by atoms with Gasteiger partial charge in [0.2, 0.25) is 0 Å². The van der Waals surface area contributed by atoms with E-state index in [9.17, 15) is 4.39 Å². The molecule has 0 aliphatic heterocycles. The Morgan fingerprint density at radius 3 is 2.61 bits per heavy atom. The largest absolute Gasteiger partial charge is 0.379 e. The second-order valence-corrected chi connectivity index (χ2v) is 4.65. The monoisotopic (exact) mass is 255 g/mol. The average molecular weight is 255 g/mol. The maximum atomic E-state index is 13.2. The van der Waals surface area contributed by atoms with Gasteiger partial charge in [-0.15, -0.1) is 0 Å². The van der Waals surface area contributed by atoms with Crippen molar-refractivity contribution < 1.29 is 13.9 Å². The van der Waals surface area contributed by atoms with E-state index < -0.39 is 0 Å². The Hall–Kier alpha value is -0.970. The van der Waals surface area contributed by atoms with Gasteiger partial charge in [-0.3, -0.25) is 0 Å². The molecule has 0 radical (unpaired) electrons. The molecule has 0 heterocycles. The van der Waals surface area contributed by atoms with Crippen LogP contribution in [-0.4, -0.2) is 19.8 Å². The first-order valence-corrected chi connectivity index (χ1v) is 6.26. The number of halogens is 1. The van der Waals surface area contributed by atoms with E-state index in [0.717, 1.165) is 12.2 Å². The zero-order chi connectivity index (χ0) is 13.4. The molecule has 0 aliphatic rings. The summed E-state index contributed by atoms with van der Waals surface area (Å²) in [6, 6.07) is 4.88. The number of benzene rings is 1. The highest BCUT2D eigenvalue weighted by molar-refractivity contribution is 5.24. The number of hydrogen-bond acceptors (Lipinski definition) is 3. The average Bonchev–Trinajstić information content (AvgIpc) is 2.35. The molecule has 0 amide bonds. The Morgan fingerprint density at radius 2 is 1.94 bits per heavy atom. The molecule has 1 aromatic rings. The fraction of sp³-hybridized carbons (Fsp3) is 0.571. The van der Waals surface area contributed by atoms with Crippen molar-refractivity contribution in [1.29, 1.82) is 0 Å². The summed E-state index contributed by atoms with van der Waals surface area (Å²) in [5.74, 6) is 0.274. The molecule has 0 spiro atoms. The highest BCUT2D eigenvalue weighted by atomic mass is 19.1. The minimum absolute atomic E-state index is 0.206. The highest BCUT2D eigenvalue weighted by Gasteiger charge is 2.02. The van der Waals surface area contributed by atoms with E-state index in [2.05, 4.69) is 13.8 Å². The zero-order valence-electron chi connectivity index (χ0n) is 11.1. The summed E-state index contributed by atoms with van der Waals surface area (Å²) in [6.07, 6.45) is 0. The van der Waals surface area contributed by atoms with Crippen molar-refractivity contribution in [3.05, 3.63) is 35.1 Å². The Balaban J connectivity index is 2.23. The van der Waals surface area contributed by atoms with E-state index in [1.54, 1.807) is 12.1 Å². The van der Waals surface area contributed by atoms with Crippen LogP contribution < -0.4 is 5.73 Å². The van der Waals surface area contributed by atoms with Crippen LogP contribution in [-0.2, 0) is 22.6 Å². The lowest BCUT2D eigenvalue weighted by Crippen LogP contribution is -2.08. The summed E-state index contributed by atoms with van der Waals surface area (Å²) in [5.41, 5.74) is 6.89. The molecule has 0 saturated carbocycles. The summed E-state index contributed by atoms with van der Waals surface area (Å²) in [5, 5.41) is 0. The van der Waals surface area contributed by atoms with E-state index in [4.69, 9.17) is 15.2 Å². The molecule has 0 unspecified atom stereocenters. The third-order valence-corrected chi connectivity index (χ3v) is 2.42. The Labute approximate surface area is 108 Å². The fourth-order valence-electron chi connectivity index (χ4n) is 1.50. The van der Waals surface area contributed by atoms with Gasteiger partial charge in [-0.1, -0.05) is 19.9 Å². The van der Waals surface area contributed by atoms with Crippen molar-refractivity contribution in [3.63, 3.8) is 0 Å². The van der Waals surface area contributed by atoms with Crippen molar-refractivity contribution in [2.45, 2.75) is 27.0 Å². The lowest BCUT2D eigenvalue weighted by atomic mass is 10.1. The lowest BCUT2D eigenvalue weighted by Gasteiger charge is -2.08. The summed E-state index contributed by atoms with van der Waals surface area (Å²) in [7, 11) is 0. The second-order valence-electron chi connectivity index (χ2n) is 4.65. The van der Waals surface area contributed by atoms with E-state index in [0.29, 0.717) is 31.3 Å². The number of ether oxygens (including phenoxy) is 2. The van der Waals surface area contributed by atoms with E-state index >= 15 is 0 Å². The molecule has 18 heavy (non-hydrogen) atoms. The van der Waals surface area contributed by atoms with Crippen LogP contribution in [0.15, 0.2) is 18.2 Å². The molecule has 1 rings (SSSR count). The Morgan fingerprint density at radius 1 is 1.22 bits per heavy atom. The summed E-state index contributed by atoms with van der Waals surface area (Å²) < 4.78 is 24.0. The molecule has 0 fully saturated rings. The van der Waals surface area contributed by atoms with Crippen molar-refractivity contribution in [2.75, 3.05) is 19.8 Å². The topological polar surface area (TPSA) is 44.5 Å². The maximum Gasteiger partial charge on any atom is 0.127 e. The first kappa shape index (κ1) is 15.1. The van der Waals surface area contributed by atoms with Gasteiger partial charge in [0.25, 0.3) is 0 Å². The van der Waals surface area contributed by atoms with Gasteiger partial charge in [0.15, 0.2) is 0 Å². The summed E-state index contributed by atoms with van der Waals surface area (Å²) in [4.78, 5) is 0. The lowest BCUT2D eigenvalue weighted by molar-refractivity contribution is 0.0314. The fourth-order valence-corrected chi connectivity index (χ4v) is 1.50. The first-order chi connectivity index (χ1) is 8.63. The first-order valence-electron chi connectivity index (χ1n) is 6.26. The van der Waals surface area contributed by atoms with E-state index in [1.807, 2.05) is 0 Å². The molecule has 0 atom stereocenters. The van der Waals surface area contributed by atoms with Crippen LogP contribution in [0.5, 0.6) is 0 Å². The van der Waals surface area contributed by atoms with Crippen LogP contribution in [0.25, 0.3) is 0 Å². The normalized spacial score (nSPS) is 11.2. The quantitative estimate of drug-likeness (QED) is 0.726. The predicted molar refractivity (Wildman–Crippen MR) is 69.6 cm³/mol. The van der Waals surface area contributed by atoms with Crippen molar-refractivity contribution >= 4 is 0 Å². The molecule has 0 aromatic heterocycles. The van der Waals surface area contributed by atoms with Crippen molar-refractivity contribution in [1.82, 2.24) is 0 Å². The molecule has 1 aromatic carbocycles. The van der Waals surface area contributed by atoms with Crippen LogP contribution >= 0.6 is 0 Å². The minimum atomic E-state index is -0.262. The standard InChI is InChI=1S/C14H22FNO2/c1-11(2)9-17-5-6-18-10-12-3-4-14(15)13(7-12)8-16/h3-4,7,11H,5-6,8-10,16H2,1-2H3. The zero-order valence-corrected chi connectivity index (χ0v) is 11.1. The number of rotatable bonds is 8. The molecule has 3 nitrogen and oxygen atoms in total. The smallest absolute Gasteiger partial charge is 0.127 e. The molecular formula is C14H22FNO2. The van der Waals surface area contributed by atoms with Crippen LogP contribution in [0.2, 0.25) is 0 Å². The summed E-state index contributed by atoms with van der Waals surface area (Å²) in [6.45, 7) is 6.75. The summed E-state index contributed by atoms with van der Waals surface area (Å²) >= 11 is 0. The number of nitrogens with two attached hydrogens (primary N) is 1. The predicted octanol–water partition coefficient (Wildman–Crippen LogP) is 2.47. The van der Waals surface area contributed by atoms with Gasteiger partial charge in [0.1, 0.15) is 5.82 Å². The third-order valence-electron chi connectivity index (χ3n) is 2.42. The molecule has 102 valence electrons. The molecule has 4 heteroatoms. The van der Waals surface area contributed by atoms with Crippen molar-refractivity contribution in [2.24, 2.45) is 11.7 Å². The van der Waals surface area contributed by atoms with Gasteiger partial charge in [0, 0.05) is 18.7 Å². The SMILES string of the molecule is CC(C)COCCOCc1ccc(F)c(CN)c1. The van der Waals surface area contributed by atoms with Gasteiger partial charge < -0.3 is 15.2 Å². The van der Waals surface area contributed by atoms with E-state index in [1.165, 1.54) is 6.07 Å². The molecule has 0 saturated heterocycles. The van der Waals surface area contributed by atoms with Crippen LogP contribution in [0.4, 0.5) is 4.39 Å². The van der Waals surface area contributed by atoms with Crippen molar-refractivity contribution in [3.8, 4) is 0 Å². The highest BCUT2D eigenvalue weighted by Crippen LogP contribution is 2.10. The van der Waals surface area contributed by atoms with Crippen LogP contribution in [0, 0.1) is 11.7 Å². The maximum absolute atomic E-state index is 13.2. The van der Waals surface area contributed by atoms with Gasteiger partial charge in [-0.25, -0.2) is 4.39 Å². The van der Waals surface area contributed by atoms with Gasteiger partial charge in [-0.05, 0) is 23.6 Å². The second kappa shape index (κ2) is 8.19. The number of hydrogen-bond donors (Lipinski definition) is 1. The van der Waals surface area contributed by atoms with E-state index in [-0.39, 0.29) is 12.4 Å². The molecular weight excluding hydrogens is 233 g/mol. The third kappa shape index (κ3) is 5.58. The van der Waals surface area contributed by atoms with Gasteiger partial charge >= 0.3 is 0 Å². The van der Waals surface area contributed by atoms with Crippen LogP contribution in [0.3, 0.4) is 0 Å². The van der Waals surface area contributed by atoms with Gasteiger partial charge in [0.05, 0.1) is 19.8 Å². The molecule has 0 bridgehead atoms. The Kier molecular flexibility index (Phi) is 6.86. The van der Waals surface area contributed by atoms with Gasteiger partial charge in [-0.2, -0.15) is 0 Å². The molecule has 2 N–H and O–H groups in total. The minimum Gasteiger partial charge on any atom is -0.379 e. The molecule has 0 aliphatic carbocycles. The van der Waals surface area contributed by atoms with Crippen LogP contribution in [0.1, 0.15) is 25.0 Å².